The number of nitrogens with zero attached hydrogens (tertiary/aromatic N) is 1. The van der Waals surface area contributed by atoms with E-state index in [4.69, 9.17) is 4.74 Å². The Labute approximate surface area is 156 Å². The average Bonchev–Trinajstić information content (AvgIpc) is 3.52. The lowest BCUT2D eigenvalue weighted by atomic mass is 9.86. The third-order valence-corrected chi connectivity index (χ3v) is 5.66. The van der Waals surface area contributed by atoms with Gasteiger partial charge >= 0.3 is 0 Å². The average molecular weight is 349 g/mol. The second-order valence-corrected chi connectivity index (χ2v) is 7.49. The van der Waals surface area contributed by atoms with Gasteiger partial charge in [0.2, 0.25) is 5.91 Å². The number of rotatable bonds is 6. The number of amides is 1. The number of fused-ring (bicyclic) bond motifs is 1. The van der Waals surface area contributed by atoms with Crippen LogP contribution in [0, 0.1) is 0 Å². The first-order valence-corrected chi connectivity index (χ1v) is 9.78. The SMILES string of the molecule is COc1cccc(CCC(=O)N(C2CC2)C2CCCc3ccccc32)c1. The third kappa shape index (κ3) is 3.62. The van der Waals surface area contributed by atoms with Crippen LogP contribution in [0.5, 0.6) is 5.75 Å². The van der Waals surface area contributed by atoms with Gasteiger partial charge in [-0.05, 0) is 67.3 Å². The van der Waals surface area contributed by atoms with Gasteiger partial charge in [0.1, 0.15) is 5.75 Å². The Morgan fingerprint density at radius 1 is 1.12 bits per heavy atom. The summed E-state index contributed by atoms with van der Waals surface area (Å²) < 4.78 is 5.30. The largest absolute Gasteiger partial charge is 0.497 e. The fourth-order valence-electron chi connectivity index (χ4n) is 4.21. The van der Waals surface area contributed by atoms with Crippen molar-refractivity contribution in [1.29, 1.82) is 0 Å². The number of hydrogen-bond donors (Lipinski definition) is 0. The lowest BCUT2D eigenvalue weighted by molar-refractivity contribution is -0.134. The number of methoxy groups -OCH3 is 1. The first-order chi connectivity index (χ1) is 12.8. The van der Waals surface area contributed by atoms with Crippen molar-refractivity contribution >= 4 is 5.91 Å². The molecule has 0 radical (unpaired) electrons. The summed E-state index contributed by atoms with van der Waals surface area (Å²) in [5.41, 5.74) is 3.97. The number of hydrogen-bond acceptors (Lipinski definition) is 2. The molecule has 0 spiro atoms. The molecule has 1 fully saturated rings. The number of carbonyl (C=O) groups is 1. The van der Waals surface area contributed by atoms with Gasteiger partial charge in [-0.1, -0.05) is 36.4 Å². The molecule has 2 aliphatic carbocycles. The molecule has 1 unspecified atom stereocenters. The van der Waals surface area contributed by atoms with E-state index < -0.39 is 0 Å². The molecule has 3 nitrogen and oxygen atoms in total. The summed E-state index contributed by atoms with van der Waals surface area (Å²) in [6, 6.07) is 17.5. The van der Waals surface area contributed by atoms with Crippen LogP contribution in [0.3, 0.4) is 0 Å². The van der Waals surface area contributed by atoms with E-state index in [1.165, 1.54) is 17.5 Å². The van der Waals surface area contributed by atoms with Crippen molar-refractivity contribution in [2.45, 2.75) is 57.0 Å². The van der Waals surface area contributed by atoms with Crippen LogP contribution in [0.4, 0.5) is 0 Å². The molecular formula is C23H27NO2. The molecule has 136 valence electrons. The normalized spacial score (nSPS) is 18.9. The van der Waals surface area contributed by atoms with E-state index in [0.29, 0.717) is 18.4 Å². The monoisotopic (exact) mass is 349 g/mol. The highest BCUT2D eigenvalue weighted by Crippen LogP contribution is 2.41. The molecule has 1 saturated carbocycles. The van der Waals surface area contributed by atoms with Gasteiger partial charge in [-0.2, -0.15) is 0 Å². The Kier molecular flexibility index (Phi) is 4.96. The zero-order valence-corrected chi connectivity index (χ0v) is 15.5. The molecule has 2 aromatic rings. The van der Waals surface area contributed by atoms with Gasteiger partial charge < -0.3 is 9.64 Å². The van der Waals surface area contributed by atoms with Crippen molar-refractivity contribution in [3.63, 3.8) is 0 Å². The standard InChI is InChI=1S/C23H27NO2/c1-26-20-9-4-6-17(16-20)12-15-23(25)24(19-13-14-19)22-11-5-8-18-7-2-3-10-21(18)22/h2-4,6-7,9-10,16,19,22H,5,8,11-15H2,1H3. The highest BCUT2D eigenvalue weighted by Gasteiger charge is 2.38. The number of ether oxygens (including phenoxy) is 1. The third-order valence-electron chi connectivity index (χ3n) is 5.66. The zero-order chi connectivity index (χ0) is 17.9. The molecule has 2 aromatic carbocycles. The molecule has 0 aliphatic heterocycles. The Hall–Kier alpha value is -2.29. The highest BCUT2D eigenvalue weighted by atomic mass is 16.5. The Bertz CT molecular complexity index is 781. The fraction of sp³-hybridized carbons (Fsp3) is 0.435. The number of benzene rings is 2. The van der Waals surface area contributed by atoms with Crippen LogP contribution in [0.1, 0.15) is 54.8 Å². The van der Waals surface area contributed by atoms with E-state index in [1.807, 2.05) is 18.2 Å². The molecule has 1 atom stereocenters. The van der Waals surface area contributed by atoms with E-state index in [9.17, 15) is 4.79 Å². The van der Waals surface area contributed by atoms with Gasteiger partial charge in [-0.15, -0.1) is 0 Å². The van der Waals surface area contributed by atoms with Gasteiger partial charge in [-0.3, -0.25) is 4.79 Å². The molecule has 4 rings (SSSR count). The van der Waals surface area contributed by atoms with Crippen LogP contribution >= 0.6 is 0 Å². The topological polar surface area (TPSA) is 29.5 Å². The lowest BCUT2D eigenvalue weighted by Gasteiger charge is -2.36. The first kappa shape index (κ1) is 17.1. The number of aryl methyl sites for hydroxylation is 2. The van der Waals surface area contributed by atoms with Crippen LogP contribution in [0.15, 0.2) is 48.5 Å². The summed E-state index contributed by atoms with van der Waals surface area (Å²) in [7, 11) is 1.68. The van der Waals surface area contributed by atoms with Crippen LogP contribution in [0.25, 0.3) is 0 Å². The fourth-order valence-corrected chi connectivity index (χ4v) is 4.21. The Morgan fingerprint density at radius 2 is 1.96 bits per heavy atom. The van der Waals surface area contributed by atoms with E-state index in [-0.39, 0.29) is 6.04 Å². The summed E-state index contributed by atoms with van der Waals surface area (Å²) in [6.07, 6.45) is 7.07. The molecule has 0 bridgehead atoms. The lowest BCUT2D eigenvalue weighted by Crippen LogP contribution is -2.38. The maximum atomic E-state index is 13.2. The van der Waals surface area contributed by atoms with E-state index >= 15 is 0 Å². The van der Waals surface area contributed by atoms with Crippen LogP contribution < -0.4 is 4.74 Å². The summed E-state index contributed by atoms with van der Waals surface area (Å²) in [5.74, 6) is 1.16. The van der Waals surface area contributed by atoms with Crippen LogP contribution in [0.2, 0.25) is 0 Å². The molecule has 0 aromatic heterocycles. The van der Waals surface area contributed by atoms with Gasteiger partial charge in [0.05, 0.1) is 13.2 Å². The summed E-state index contributed by atoms with van der Waals surface area (Å²) in [5, 5.41) is 0. The highest BCUT2D eigenvalue weighted by molar-refractivity contribution is 5.78. The number of carbonyl (C=O) groups excluding carboxylic acids is 1. The zero-order valence-electron chi connectivity index (χ0n) is 15.5. The smallest absolute Gasteiger partial charge is 0.223 e. The Balaban J connectivity index is 1.49. The second kappa shape index (κ2) is 7.53. The van der Waals surface area contributed by atoms with Gasteiger partial charge in [0.25, 0.3) is 0 Å². The molecule has 0 saturated heterocycles. The van der Waals surface area contributed by atoms with E-state index in [1.54, 1.807) is 7.11 Å². The molecule has 0 N–H and O–H groups in total. The van der Waals surface area contributed by atoms with Crippen LogP contribution in [-0.4, -0.2) is 24.0 Å². The minimum Gasteiger partial charge on any atom is -0.497 e. The second-order valence-electron chi connectivity index (χ2n) is 7.49. The van der Waals surface area contributed by atoms with Crippen molar-refractivity contribution < 1.29 is 9.53 Å². The molecule has 3 heteroatoms. The van der Waals surface area contributed by atoms with E-state index in [0.717, 1.165) is 43.4 Å². The molecule has 2 aliphatic rings. The van der Waals surface area contributed by atoms with Crippen molar-refractivity contribution in [3.05, 3.63) is 65.2 Å². The predicted octanol–water partition coefficient (Wildman–Crippen LogP) is 4.70. The van der Waals surface area contributed by atoms with Crippen molar-refractivity contribution in [2.24, 2.45) is 0 Å². The van der Waals surface area contributed by atoms with Crippen molar-refractivity contribution in [3.8, 4) is 5.75 Å². The summed E-state index contributed by atoms with van der Waals surface area (Å²) in [6.45, 7) is 0. The van der Waals surface area contributed by atoms with E-state index in [2.05, 4.69) is 35.2 Å². The Morgan fingerprint density at radius 3 is 2.77 bits per heavy atom. The maximum Gasteiger partial charge on any atom is 0.223 e. The predicted molar refractivity (Wildman–Crippen MR) is 103 cm³/mol. The maximum absolute atomic E-state index is 13.2. The minimum atomic E-state index is 0.269. The van der Waals surface area contributed by atoms with Crippen molar-refractivity contribution in [1.82, 2.24) is 4.90 Å². The molecule has 26 heavy (non-hydrogen) atoms. The van der Waals surface area contributed by atoms with Crippen molar-refractivity contribution in [2.75, 3.05) is 7.11 Å². The van der Waals surface area contributed by atoms with Gasteiger partial charge in [0, 0.05) is 12.5 Å². The quantitative estimate of drug-likeness (QED) is 0.757. The first-order valence-electron chi connectivity index (χ1n) is 9.78. The summed E-state index contributed by atoms with van der Waals surface area (Å²) in [4.78, 5) is 15.4. The summed E-state index contributed by atoms with van der Waals surface area (Å²) >= 11 is 0. The molecule has 0 heterocycles. The van der Waals surface area contributed by atoms with Gasteiger partial charge in [-0.25, -0.2) is 0 Å². The van der Waals surface area contributed by atoms with Gasteiger partial charge in [0.15, 0.2) is 0 Å². The minimum absolute atomic E-state index is 0.269. The molecule has 1 amide bonds. The van der Waals surface area contributed by atoms with Crippen LogP contribution in [-0.2, 0) is 17.6 Å². The molecular weight excluding hydrogens is 322 g/mol.